The Morgan fingerprint density at radius 1 is 0.930 bits per heavy atom. The predicted molar refractivity (Wildman–Crippen MR) is 157 cm³/mol. The van der Waals surface area contributed by atoms with Gasteiger partial charge in [0.25, 0.3) is 0 Å². The fourth-order valence-corrected chi connectivity index (χ4v) is 6.63. The smallest absolute Gasteiger partial charge is 0.414 e. The highest BCUT2D eigenvalue weighted by Crippen LogP contribution is 2.54. The Morgan fingerprint density at radius 3 is 1.98 bits per heavy atom. The van der Waals surface area contributed by atoms with Gasteiger partial charge < -0.3 is 15.0 Å². The van der Waals surface area contributed by atoms with Crippen molar-refractivity contribution in [3.8, 4) is 0 Å². The molecule has 3 aromatic carbocycles. The molecular formula is C30H33F2N4O6P. The first-order valence-corrected chi connectivity index (χ1v) is 15.4. The van der Waals surface area contributed by atoms with Crippen molar-refractivity contribution in [3.05, 3.63) is 95.6 Å². The quantitative estimate of drug-likeness (QED) is 0.298. The van der Waals surface area contributed by atoms with Crippen LogP contribution in [0.4, 0.5) is 25.0 Å². The van der Waals surface area contributed by atoms with Gasteiger partial charge in [-0.2, -0.15) is 0 Å². The number of benzene rings is 3. The monoisotopic (exact) mass is 614 g/mol. The molecule has 1 N–H and O–H groups in total. The molecule has 0 radical (unpaired) electrons. The molecule has 43 heavy (non-hydrogen) atoms. The third kappa shape index (κ3) is 7.58. The molecule has 0 spiro atoms. The molecule has 3 aromatic rings. The molecule has 0 bridgehead atoms. The molecule has 10 nitrogen and oxygen atoms in total. The Labute approximate surface area is 248 Å². The van der Waals surface area contributed by atoms with Gasteiger partial charge in [-0.05, 0) is 11.1 Å². The molecule has 13 heteroatoms. The van der Waals surface area contributed by atoms with Crippen molar-refractivity contribution in [1.29, 1.82) is 0 Å². The summed E-state index contributed by atoms with van der Waals surface area (Å²) in [7, 11) is -3.78. The average molecular weight is 615 g/mol. The molecule has 1 atom stereocenters. The van der Waals surface area contributed by atoms with Gasteiger partial charge in [-0.3, -0.25) is 18.7 Å². The van der Waals surface area contributed by atoms with Gasteiger partial charge in [0.15, 0.2) is 11.6 Å². The van der Waals surface area contributed by atoms with E-state index < -0.39 is 31.6 Å². The van der Waals surface area contributed by atoms with E-state index in [1.807, 2.05) is 60.7 Å². The zero-order valence-corrected chi connectivity index (χ0v) is 24.6. The Hall–Kier alpha value is -3.83. The highest BCUT2D eigenvalue weighted by molar-refractivity contribution is 7.51. The van der Waals surface area contributed by atoms with E-state index in [4.69, 9.17) is 13.8 Å². The Kier molecular flexibility index (Phi) is 9.72. The first kappa shape index (κ1) is 30.6. The predicted octanol–water partition coefficient (Wildman–Crippen LogP) is 5.09. The lowest BCUT2D eigenvalue weighted by Crippen LogP contribution is -2.46. The zero-order valence-electron chi connectivity index (χ0n) is 23.7. The summed E-state index contributed by atoms with van der Waals surface area (Å²) < 4.78 is 63.4. The van der Waals surface area contributed by atoms with Gasteiger partial charge >= 0.3 is 13.8 Å². The summed E-state index contributed by atoms with van der Waals surface area (Å²) in [5, 5.41) is 2.56. The summed E-state index contributed by atoms with van der Waals surface area (Å²) in [6, 6.07) is 20.8. The summed E-state index contributed by atoms with van der Waals surface area (Å²) in [4.78, 5) is 26.2. The second-order valence-corrected chi connectivity index (χ2v) is 12.3. The molecule has 5 rings (SSSR count). The lowest BCUT2D eigenvalue weighted by atomic mass is 10.2. The number of ether oxygens (including phenoxy) is 1. The molecule has 2 saturated heterocycles. The van der Waals surface area contributed by atoms with Gasteiger partial charge in [0, 0.05) is 45.2 Å². The third-order valence-corrected chi connectivity index (χ3v) is 9.16. The summed E-state index contributed by atoms with van der Waals surface area (Å²) in [5.74, 6) is -1.96. The molecule has 2 fully saturated rings. The maximum absolute atomic E-state index is 15.3. The standard InChI is InChI=1S/C30H33F2N4O6P/c1-22(37)33-18-26-19-36(30(38)42-26)25-16-27(31)29(28(32)17-25)34-12-14-35(15-13-34)43(39,40-20-23-8-4-2-5-9-23)41-21-24-10-6-3-7-11-24/h2-11,16-17,26H,12-15,18-21H2,1H3,(H,33,37)/t26-/m0/s1. The highest BCUT2D eigenvalue weighted by atomic mass is 31.2. The van der Waals surface area contributed by atoms with Crippen LogP contribution in [0.1, 0.15) is 18.1 Å². The number of carbonyl (C=O) groups excluding carboxylic acids is 2. The minimum atomic E-state index is -3.78. The number of amides is 2. The normalized spacial score (nSPS) is 17.7. The summed E-state index contributed by atoms with van der Waals surface area (Å²) >= 11 is 0. The average Bonchev–Trinajstić information content (AvgIpc) is 3.39. The van der Waals surface area contributed by atoms with Crippen LogP contribution in [0.2, 0.25) is 0 Å². The van der Waals surface area contributed by atoms with Crippen LogP contribution in [-0.2, 0) is 36.4 Å². The summed E-state index contributed by atoms with van der Waals surface area (Å²) in [6.45, 7) is 2.28. The van der Waals surface area contributed by atoms with Crippen LogP contribution < -0.4 is 15.1 Å². The molecule has 2 aliphatic rings. The largest absolute Gasteiger partial charge is 0.442 e. The number of nitrogens with one attached hydrogen (secondary N) is 1. The zero-order chi connectivity index (χ0) is 30.4. The maximum atomic E-state index is 15.3. The van der Waals surface area contributed by atoms with E-state index in [9.17, 15) is 14.2 Å². The van der Waals surface area contributed by atoms with Crippen LogP contribution in [-0.4, -0.2) is 62.0 Å². The molecule has 2 aliphatic heterocycles. The lowest BCUT2D eigenvalue weighted by molar-refractivity contribution is -0.119. The summed E-state index contributed by atoms with van der Waals surface area (Å²) in [6.07, 6.45) is -1.39. The van der Waals surface area contributed by atoms with Gasteiger partial charge in [0.1, 0.15) is 11.8 Å². The van der Waals surface area contributed by atoms with Crippen molar-refractivity contribution < 1.29 is 36.7 Å². The van der Waals surface area contributed by atoms with Crippen molar-refractivity contribution in [2.75, 3.05) is 49.1 Å². The molecule has 0 aromatic heterocycles. The van der Waals surface area contributed by atoms with Crippen molar-refractivity contribution in [2.24, 2.45) is 0 Å². The molecule has 0 unspecified atom stereocenters. The van der Waals surface area contributed by atoms with E-state index in [1.54, 1.807) is 4.67 Å². The number of anilines is 2. The number of nitrogens with zero attached hydrogens (tertiary/aromatic N) is 3. The minimum absolute atomic E-state index is 0.0147. The second-order valence-electron chi connectivity index (χ2n) is 10.2. The van der Waals surface area contributed by atoms with E-state index in [-0.39, 0.29) is 69.8 Å². The van der Waals surface area contributed by atoms with Crippen LogP contribution in [0.3, 0.4) is 0 Å². The third-order valence-electron chi connectivity index (χ3n) is 7.16. The molecule has 2 heterocycles. The summed E-state index contributed by atoms with van der Waals surface area (Å²) in [5.41, 5.74) is 1.44. The van der Waals surface area contributed by atoms with Gasteiger partial charge in [0.2, 0.25) is 5.91 Å². The van der Waals surface area contributed by atoms with E-state index >= 15 is 8.78 Å². The topological polar surface area (TPSA) is 101 Å². The number of cyclic esters (lactones) is 1. The first-order valence-electron chi connectivity index (χ1n) is 13.9. The fraction of sp³-hybridized carbons (Fsp3) is 0.333. The molecule has 0 saturated carbocycles. The molecule has 0 aliphatic carbocycles. The van der Waals surface area contributed by atoms with Crippen molar-refractivity contribution >= 4 is 31.1 Å². The van der Waals surface area contributed by atoms with Crippen molar-refractivity contribution in [2.45, 2.75) is 26.2 Å². The van der Waals surface area contributed by atoms with E-state index in [0.29, 0.717) is 0 Å². The second kappa shape index (κ2) is 13.6. The van der Waals surface area contributed by atoms with Crippen LogP contribution in [0.25, 0.3) is 0 Å². The molecule has 228 valence electrons. The van der Waals surface area contributed by atoms with Crippen molar-refractivity contribution in [3.63, 3.8) is 0 Å². The fourth-order valence-electron chi connectivity index (χ4n) is 4.93. The number of carbonyl (C=O) groups is 2. The number of hydrogen-bond acceptors (Lipinski definition) is 7. The van der Waals surface area contributed by atoms with Crippen LogP contribution >= 0.6 is 7.75 Å². The number of halogens is 2. The van der Waals surface area contributed by atoms with Gasteiger partial charge in [-0.15, -0.1) is 0 Å². The van der Waals surface area contributed by atoms with E-state index in [0.717, 1.165) is 28.2 Å². The van der Waals surface area contributed by atoms with Crippen LogP contribution in [0, 0.1) is 11.6 Å². The van der Waals surface area contributed by atoms with E-state index in [1.165, 1.54) is 11.8 Å². The Morgan fingerprint density at radius 2 is 1.47 bits per heavy atom. The number of rotatable bonds is 11. The van der Waals surface area contributed by atoms with Gasteiger partial charge in [0.05, 0.1) is 32.0 Å². The minimum Gasteiger partial charge on any atom is -0.442 e. The molecule has 2 amide bonds. The first-order chi connectivity index (χ1) is 20.7. The van der Waals surface area contributed by atoms with Crippen LogP contribution in [0.5, 0.6) is 0 Å². The molecular weight excluding hydrogens is 581 g/mol. The number of hydrogen-bond donors (Lipinski definition) is 1. The van der Waals surface area contributed by atoms with Crippen LogP contribution in [0.15, 0.2) is 72.8 Å². The van der Waals surface area contributed by atoms with E-state index in [2.05, 4.69) is 5.32 Å². The SMILES string of the molecule is CC(=O)NC[C@H]1CN(c2cc(F)c(N3CCN(P(=O)(OCc4ccccc4)OCc4ccccc4)CC3)c(F)c2)C(=O)O1. The Bertz CT molecular complexity index is 1400. The van der Waals surface area contributed by atoms with Gasteiger partial charge in [-0.25, -0.2) is 22.8 Å². The number of piperazine rings is 1. The van der Waals surface area contributed by atoms with Gasteiger partial charge in [-0.1, -0.05) is 60.7 Å². The van der Waals surface area contributed by atoms with Crippen molar-refractivity contribution in [1.82, 2.24) is 9.99 Å². The Balaban J connectivity index is 1.26. The maximum Gasteiger partial charge on any atom is 0.414 e. The highest BCUT2D eigenvalue weighted by Gasteiger charge is 2.38. The lowest BCUT2D eigenvalue weighted by Gasteiger charge is -2.38.